The summed E-state index contributed by atoms with van der Waals surface area (Å²) in [5.41, 5.74) is 0. The van der Waals surface area contributed by atoms with Crippen molar-refractivity contribution in [3.05, 3.63) is 0 Å². The Kier molecular flexibility index (Phi) is 3.39. The lowest BCUT2D eigenvalue weighted by molar-refractivity contribution is 0.415. The van der Waals surface area contributed by atoms with Crippen LogP contribution in [0.2, 0.25) is 39.3 Å². The van der Waals surface area contributed by atoms with Crippen LogP contribution in [-0.2, 0) is 8.23 Å². The lowest BCUT2D eigenvalue weighted by Crippen LogP contribution is -2.42. The lowest BCUT2D eigenvalue weighted by Gasteiger charge is -2.27. The van der Waals surface area contributed by atoms with Crippen molar-refractivity contribution < 1.29 is 8.23 Å². The second-order valence-corrected chi connectivity index (χ2v) is 11.5. The van der Waals surface area contributed by atoms with Crippen molar-refractivity contribution in [3.63, 3.8) is 0 Å². The highest BCUT2D eigenvalue weighted by atomic mass is 28.5. The van der Waals surface area contributed by atoms with Crippen molar-refractivity contribution in [1.29, 1.82) is 2.47 Å². The van der Waals surface area contributed by atoms with Gasteiger partial charge in [-0.05, 0) is 39.3 Å². The first kappa shape index (κ1) is 8.18. The molecule has 0 unspecified atom stereocenters. The maximum atomic E-state index is 7.72. The molecule has 68 valence electrons. The van der Waals surface area contributed by atoms with Gasteiger partial charge < -0.3 is 8.23 Å². The summed E-state index contributed by atoms with van der Waals surface area (Å²) < 4.78 is 26.7. The molecule has 0 radical (unpaired) electrons. The molecule has 0 aromatic rings. The first-order chi connectivity index (χ1) is 5.41. The van der Waals surface area contributed by atoms with Crippen LogP contribution in [0.25, 0.3) is 0 Å². The van der Waals surface area contributed by atoms with E-state index in [-0.39, 0.29) is 0 Å². The minimum atomic E-state index is -2.27. The van der Waals surface area contributed by atoms with Gasteiger partial charge in [0.05, 0.1) is 0 Å². The molecule has 0 saturated carbocycles. The zero-order valence-corrected chi connectivity index (χ0v) is 11.3. The van der Waals surface area contributed by atoms with Gasteiger partial charge >= 0.3 is 8.56 Å². The number of rotatable bonds is 4. The zero-order valence-electron chi connectivity index (χ0n) is 10.3. The molecule has 11 heavy (non-hydrogen) atoms. The van der Waals surface area contributed by atoms with E-state index in [9.17, 15) is 0 Å². The Morgan fingerprint density at radius 3 is 1.45 bits per heavy atom. The van der Waals surface area contributed by atoms with E-state index in [1.807, 2.05) is 39.3 Å². The Morgan fingerprint density at radius 1 is 1.00 bits per heavy atom. The van der Waals surface area contributed by atoms with Crippen LogP contribution in [-0.4, -0.2) is 29.0 Å². The smallest absolute Gasteiger partial charge is 0.310 e. The molecule has 0 aliphatic heterocycles. The van der Waals surface area contributed by atoms with E-state index in [1.165, 1.54) is 0 Å². The Hall–Kier alpha value is 0.571. The zero-order chi connectivity index (χ0) is 10.9. The average Bonchev–Trinajstić information content (AvgIpc) is 1.43. The van der Waals surface area contributed by atoms with Gasteiger partial charge in [0.15, 0.2) is 17.9 Å². The van der Waals surface area contributed by atoms with E-state index < -0.39 is 26.5 Å². The summed E-state index contributed by atoms with van der Waals surface area (Å²) in [6.45, 7) is 11.1. The normalized spacial score (nSPS) is 17.6. The molecule has 2 nitrogen and oxygen atoms in total. The quantitative estimate of drug-likeness (QED) is 0.660. The highest BCUT2D eigenvalue weighted by Crippen LogP contribution is 2.09. The van der Waals surface area contributed by atoms with Gasteiger partial charge in [-0.3, -0.25) is 0 Å². The van der Waals surface area contributed by atoms with E-state index >= 15 is 0 Å². The summed E-state index contributed by atoms with van der Waals surface area (Å²) in [6, 6.07) is 0. The van der Waals surface area contributed by atoms with Crippen LogP contribution in [0.5, 0.6) is 0 Å². The third-order valence-corrected chi connectivity index (χ3v) is 8.10. The van der Waals surface area contributed by atoms with Crippen molar-refractivity contribution in [1.82, 2.24) is 0 Å². The molecule has 0 saturated heterocycles. The molecule has 0 spiro atoms. The van der Waals surface area contributed by atoms with Gasteiger partial charge in [0.25, 0.3) is 0 Å². The number of hydrogen-bond acceptors (Lipinski definition) is 2. The predicted molar refractivity (Wildman–Crippen MR) is 57.4 cm³/mol. The van der Waals surface area contributed by atoms with Gasteiger partial charge in [-0.15, -0.1) is 0 Å². The third-order valence-electron chi connectivity index (χ3n) is 0.900. The molecule has 0 aromatic carbocycles. The largest absolute Gasteiger partial charge is 0.440 e. The molecule has 0 N–H and O–H groups in total. The first-order valence-electron chi connectivity index (χ1n) is 4.82. The lowest BCUT2D eigenvalue weighted by atomic mass is 11.9. The topological polar surface area (TPSA) is 18.5 Å². The van der Waals surface area contributed by atoms with Gasteiger partial charge in [-0.1, -0.05) is 0 Å². The van der Waals surface area contributed by atoms with Gasteiger partial charge in [-0.25, -0.2) is 0 Å². The first-order valence-corrected chi connectivity index (χ1v) is 11.4. The van der Waals surface area contributed by atoms with Crippen molar-refractivity contribution in [3.8, 4) is 0 Å². The summed E-state index contributed by atoms with van der Waals surface area (Å²) in [4.78, 5) is 0. The summed E-state index contributed by atoms with van der Waals surface area (Å²) in [5, 5.41) is 0. The monoisotopic (exact) mass is 212 g/mol. The van der Waals surface area contributed by atoms with Gasteiger partial charge in [0, 0.05) is 2.47 Å². The SMILES string of the molecule is [3H][Si](C)(C)O[Si](C)(C)O[Si]([3H])(C)C. The maximum absolute atomic E-state index is 7.72. The molecule has 0 heterocycles. The minimum absolute atomic E-state index is 1.82. The fraction of sp³-hybridized carbons (Fsp3) is 1.00. The fourth-order valence-electron chi connectivity index (χ4n) is 1.00. The van der Waals surface area contributed by atoms with E-state index in [4.69, 9.17) is 10.7 Å². The van der Waals surface area contributed by atoms with E-state index in [0.29, 0.717) is 0 Å². The summed E-state index contributed by atoms with van der Waals surface area (Å²) in [5.74, 6) is 0. The summed E-state index contributed by atoms with van der Waals surface area (Å²) in [6.07, 6.45) is 0. The molecule has 0 aliphatic rings. The summed E-state index contributed by atoms with van der Waals surface area (Å²) in [7, 11) is -6.76. The standard InChI is InChI=1S/C6H20O2Si3/c1-9(2)7-11(5,6)8-10(3)4/h9-10H,1-6H3/i9T,10T. The number of hydrogen-bond donors (Lipinski definition) is 0. The molecular weight excluding hydrogens is 188 g/mol. The van der Waals surface area contributed by atoms with Crippen LogP contribution in [0.3, 0.4) is 0 Å². The van der Waals surface area contributed by atoms with Gasteiger partial charge in [0.1, 0.15) is 0 Å². The van der Waals surface area contributed by atoms with Gasteiger partial charge in [-0.2, -0.15) is 0 Å². The van der Waals surface area contributed by atoms with E-state index in [0.717, 1.165) is 0 Å². The maximum Gasteiger partial charge on any atom is 0.310 e. The predicted octanol–water partition coefficient (Wildman–Crippen LogP) is 1.69. The Labute approximate surface area is 77.1 Å². The van der Waals surface area contributed by atoms with Crippen molar-refractivity contribution in [2.45, 2.75) is 39.3 Å². The second kappa shape index (κ2) is 4.56. The van der Waals surface area contributed by atoms with Crippen LogP contribution < -0.4 is 0 Å². The van der Waals surface area contributed by atoms with Gasteiger partial charge in [0.2, 0.25) is 0 Å². The van der Waals surface area contributed by atoms with E-state index in [1.54, 1.807) is 0 Å². The van der Waals surface area contributed by atoms with Crippen LogP contribution in [0.15, 0.2) is 0 Å². The molecule has 0 aromatic heterocycles. The molecule has 0 aliphatic carbocycles. The highest BCUT2D eigenvalue weighted by molar-refractivity contribution is 6.78. The van der Waals surface area contributed by atoms with Crippen LogP contribution in [0.4, 0.5) is 0 Å². The molecule has 0 amide bonds. The Bertz CT molecular complexity index is 156. The molecule has 0 fully saturated rings. The third kappa shape index (κ3) is 6.95. The van der Waals surface area contributed by atoms with E-state index in [2.05, 4.69) is 0 Å². The molecular formula is C6H20O2Si3. The highest BCUT2D eigenvalue weighted by Gasteiger charge is 2.26. The molecule has 5 heteroatoms. The second-order valence-electron chi connectivity index (χ2n) is 3.42. The Balaban J connectivity index is 4.25. The fourth-order valence-corrected chi connectivity index (χ4v) is 9.41. The van der Waals surface area contributed by atoms with Crippen molar-refractivity contribution in [2.24, 2.45) is 0 Å². The van der Waals surface area contributed by atoms with Crippen molar-refractivity contribution >= 4 is 26.5 Å². The van der Waals surface area contributed by atoms with Crippen LogP contribution in [0, 0.1) is 0 Å². The molecule has 0 rings (SSSR count). The van der Waals surface area contributed by atoms with Crippen LogP contribution >= 0.6 is 0 Å². The minimum Gasteiger partial charge on any atom is -0.440 e. The average molecular weight is 212 g/mol. The van der Waals surface area contributed by atoms with Crippen LogP contribution in [0.1, 0.15) is 0 Å². The molecule has 0 bridgehead atoms. The molecule has 0 atom stereocenters. The van der Waals surface area contributed by atoms with Crippen molar-refractivity contribution in [2.75, 3.05) is 0 Å². The Morgan fingerprint density at radius 2 is 1.27 bits per heavy atom. The summed E-state index contributed by atoms with van der Waals surface area (Å²) >= 11 is 0.